The molecule has 2 atom stereocenters. The van der Waals surface area contributed by atoms with Crippen molar-refractivity contribution < 1.29 is 12.8 Å². The molecule has 1 saturated heterocycles. The molecule has 0 aromatic heterocycles. The predicted molar refractivity (Wildman–Crippen MR) is 82.0 cm³/mol. The summed E-state index contributed by atoms with van der Waals surface area (Å²) in [6, 6.07) is 6.61. The molecular formula is C15H23FN2O2S. The fourth-order valence-electron chi connectivity index (χ4n) is 2.96. The maximum Gasteiger partial charge on any atom is 0.211 e. The van der Waals surface area contributed by atoms with Gasteiger partial charge in [0.2, 0.25) is 10.0 Å². The Morgan fingerprint density at radius 1 is 1.43 bits per heavy atom. The van der Waals surface area contributed by atoms with Crippen molar-refractivity contribution in [3.63, 3.8) is 0 Å². The second-order valence-corrected chi connectivity index (χ2v) is 7.50. The Morgan fingerprint density at radius 2 is 2.14 bits per heavy atom. The molecule has 0 aliphatic carbocycles. The van der Waals surface area contributed by atoms with E-state index in [0.717, 1.165) is 19.3 Å². The van der Waals surface area contributed by atoms with Crippen molar-refractivity contribution in [2.45, 2.75) is 38.3 Å². The highest BCUT2D eigenvalue weighted by molar-refractivity contribution is 7.88. The number of halogens is 1. The highest BCUT2D eigenvalue weighted by atomic mass is 32.2. The van der Waals surface area contributed by atoms with Crippen LogP contribution in [0.5, 0.6) is 0 Å². The van der Waals surface area contributed by atoms with Gasteiger partial charge in [-0.15, -0.1) is 0 Å². The van der Waals surface area contributed by atoms with Gasteiger partial charge in [0.15, 0.2) is 0 Å². The van der Waals surface area contributed by atoms with Crippen LogP contribution >= 0.6 is 0 Å². The third-order valence-corrected chi connectivity index (χ3v) is 5.37. The molecule has 1 aromatic rings. The van der Waals surface area contributed by atoms with E-state index in [0.29, 0.717) is 18.7 Å². The van der Waals surface area contributed by atoms with Gasteiger partial charge in [0.05, 0.1) is 6.26 Å². The highest BCUT2D eigenvalue weighted by Gasteiger charge is 2.31. The van der Waals surface area contributed by atoms with E-state index in [4.69, 9.17) is 0 Å². The highest BCUT2D eigenvalue weighted by Crippen LogP contribution is 2.23. The molecule has 1 aliphatic rings. The summed E-state index contributed by atoms with van der Waals surface area (Å²) >= 11 is 0. The molecule has 0 radical (unpaired) electrons. The molecule has 0 unspecified atom stereocenters. The molecule has 0 bridgehead atoms. The Morgan fingerprint density at radius 3 is 2.76 bits per heavy atom. The zero-order valence-electron chi connectivity index (χ0n) is 12.5. The largest absolute Gasteiger partial charge is 0.308 e. The number of benzene rings is 1. The molecule has 1 N–H and O–H groups in total. The second-order valence-electron chi connectivity index (χ2n) is 5.56. The van der Waals surface area contributed by atoms with Gasteiger partial charge in [0, 0.05) is 30.7 Å². The average molecular weight is 314 g/mol. The fourth-order valence-corrected chi connectivity index (χ4v) is 4.14. The minimum atomic E-state index is -3.16. The van der Waals surface area contributed by atoms with E-state index in [1.54, 1.807) is 16.4 Å². The lowest BCUT2D eigenvalue weighted by Crippen LogP contribution is -2.42. The molecule has 1 heterocycles. The molecular weight excluding hydrogens is 291 g/mol. The van der Waals surface area contributed by atoms with E-state index in [1.165, 1.54) is 12.3 Å². The van der Waals surface area contributed by atoms with Gasteiger partial charge in [0.1, 0.15) is 5.82 Å². The topological polar surface area (TPSA) is 49.4 Å². The van der Waals surface area contributed by atoms with Crippen LogP contribution in [0.4, 0.5) is 4.39 Å². The summed E-state index contributed by atoms with van der Waals surface area (Å²) in [7, 11) is -3.16. The molecule has 0 amide bonds. The van der Waals surface area contributed by atoms with Crippen molar-refractivity contribution >= 4 is 10.0 Å². The number of hydrogen-bond acceptors (Lipinski definition) is 3. The standard InChI is InChI=1S/C15H23FN2O2S/c1-3-15(13-8-4-5-9-14(13)16)17-11-12-7-6-10-18(12)21(2,19)20/h4-5,8-9,12,15,17H,3,6-7,10-11H2,1-2H3/t12-,15-/m1/s1. The third-order valence-electron chi connectivity index (χ3n) is 4.04. The van der Waals surface area contributed by atoms with Crippen LogP contribution in [0.1, 0.15) is 37.8 Å². The van der Waals surface area contributed by atoms with Gasteiger partial charge in [-0.2, -0.15) is 4.31 Å². The zero-order chi connectivity index (χ0) is 15.5. The summed E-state index contributed by atoms with van der Waals surface area (Å²) in [5, 5.41) is 3.32. The summed E-state index contributed by atoms with van der Waals surface area (Å²) < 4.78 is 38.8. The van der Waals surface area contributed by atoms with Crippen LogP contribution in [0.3, 0.4) is 0 Å². The van der Waals surface area contributed by atoms with Gasteiger partial charge < -0.3 is 5.32 Å². The summed E-state index contributed by atoms with van der Waals surface area (Å²) in [6.45, 7) is 3.13. The number of sulfonamides is 1. The first-order chi connectivity index (χ1) is 9.93. The number of rotatable bonds is 6. The molecule has 1 aromatic carbocycles. The van der Waals surface area contributed by atoms with Crippen LogP contribution in [-0.4, -0.2) is 38.1 Å². The van der Waals surface area contributed by atoms with Gasteiger partial charge >= 0.3 is 0 Å². The molecule has 4 nitrogen and oxygen atoms in total. The zero-order valence-corrected chi connectivity index (χ0v) is 13.4. The first kappa shape index (κ1) is 16.4. The van der Waals surface area contributed by atoms with E-state index in [9.17, 15) is 12.8 Å². The quantitative estimate of drug-likeness (QED) is 0.876. The van der Waals surface area contributed by atoms with E-state index in [2.05, 4.69) is 5.32 Å². The average Bonchev–Trinajstić information content (AvgIpc) is 2.90. The SMILES string of the molecule is CC[C@@H](NC[C@H]1CCCN1S(C)(=O)=O)c1ccccc1F. The minimum absolute atomic E-state index is 0.0270. The van der Waals surface area contributed by atoms with Crippen LogP contribution in [-0.2, 0) is 10.0 Å². The van der Waals surface area contributed by atoms with Gasteiger partial charge in [-0.3, -0.25) is 0 Å². The molecule has 1 aliphatic heterocycles. The fraction of sp³-hybridized carbons (Fsp3) is 0.600. The van der Waals surface area contributed by atoms with E-state index in [1.807, 2.05) is 13.0 Å². The van der Waals surface area contributed by atoms with E-state index >= 15 is 0 Å². The molecule has 2 rings (SSSR count). The maximum absolute atomic E-state index is 13.8. The second kappa shape index (κ2) is 6.85. The summed E-state index contributed by atoms with van der Waals surface area (Å²) in [4.78, 5) is 0. The van der Waals surface area contributed by atoms with Crippen LogP contribution in [0.15, 0.2) is 24.3 Å². The van der Waals surface area contributed by atoms with Gasteiger partial charge in [-0.25, -0.2) is 12.8 Å². The van der Waals surface area contributed by atoms with Crippen molar-refractivity contribution in [1.82, 2.24) is 9.62 Å². The van der Waals surface area contributed by atoms with Crippen LogP contribution in [0.2, 0.25) is 0 Å². The smallest absolute Gasteiger partial charge is 0.211 e. The molecule has 0 spiro atoms. The lowest BCUT2D eigenvalue weighted by molar-refractivity contribution is 0.354. The Kier molecular flexibility index (Phi) is 5.35. The molecule has 6 heteroatoms. The Balaban J connectivity index is 2.02. The van der Waals surface area contributed by atoms with Gasteiger partial charge in [-0.05, 0) is 25.3 Å². The summed E-state index contributed by atoms with van der Waals surface area (Å²) in [5.41, 5.74) is 0.643. The van der Waals surface area contributed by atoms with Crippen molar-refractivity contribution in [1.29, 1.82) is 0 Å². The third kappa shape index (κ3) is 4.02. The molecule has 21 heavy (non-hydrogen) atoms. The van der Waals surface area contributed by atoms with E-state index < -0.39 is 10.0 Å². The van der Waals surface area contributed by atoms with Gasteiger partial charge in [0.25, 0.3) is 0 Å². The number of hydrogen-bond donors (Lipinski definition) is 1. The number of nitrogens with one attached hydrogen (secondary N) is 1. The van der Waals surface area contributed by atoms with Gasteiger partial charge in [-0.1, -0.05) is 25.1 Å². The van der Waals surface area contributed by atoms with Crippen molar-refractivity contribution in [3.8, 4) is 0 Å². The lowest BCUT2D eigenvalue weighted by Gasteiger charge is -2.25. The van der Waals surface area contributed by atoms with Crippen molar-refractivity contribution in [3.05, 3.63) is 35.6 Å². The predicted octanol–water partition coefficient (Wildman–Crippen LogP) is 2.29. The van der Waals surface area contributed by atoms with E-state index in [-0.39, 0.29) is 17.9 Å². The molecule has 1 fully saturated rings. The minimum Gasteiger partial charge on any atom is -0.308 e. The van der Waals surface area contributed by atoms with Crippen LogP contribution in [0.25, 0.3) is 0 Å². The number of nitrogens with zero attached hydrogens (tertiary/aromatic N) is 1. The van der Waals surface area contributed by atoms with Crippen molar-refractivity contribution in [2.75, 3.05) is 19.3 Å². The van der Waals surface area contributed by atoms with Crippen molar-refractivity contribution in [2.24, 2.45) is 0 Å². The van der Waals surface area contributed by atoms with Crippen LogP contribution < -0.4 is 5.32 Å². The Labute approximate surface area is 126 Å². The maximum atomic E-state index is 13.8. The Hall–Kier alpha value is -0.980. The Bertz CT molecular complexity index is 577. The normalized spacial score (nSPS) is 21.6. The monoisotopic (exact) mass is 314 g/mol. The molecule has 0 saturated carbocycles. The summed E-state index contributed by atoms with van der Waals surface area (Å²) in [6.07, 6.45) is 3.75. The summed E-state index contributed by atoms with van der Waals surface area (Å²) in [5.74, 6) is -0.219. The lowest BCUT2D eigenvalue weighted by atomic mass is 10.0. The van der Waals surface area contributed by atoms with Crippen LogP contribution in [0, 0.1) is 5.82 Å². The molecule has 118 valence electrons. The first-order valence-electron chi connectivity index (χ1n) is 7.38. The first-order valence-corrected chi connectivity index (χ1v) is 9.23.